The Morgan fingerprint density at radius 2 is 1.76 bits per heavy atom. The predicted molar refractivity (Wildman–Crippen MR) is 115 cm³/mol. The van der Waals surface area contributed by atoms with Crippen molar-refractivity contribution in [1.29, 1.82) is 0 Å². The first-order chi connectivity index (χ1) is 11.8. The molecule has 1 heterocycles. The van der Waals surface area contributed by atoms with Crippen LogP contribution in [0.4, 0.5) is 5.69 Å². The van der Waals surface area contributed by atoms with E-state index in [9.17, 15) is 5.11 Å². The van der Waals surface area contributed by atoms with Gasteiger partial charge in [-0.25, -0.2) is 0 Å². The summed E-state index contributed by atoms with van der Waals surface area (Å²) in [6.07, 6.45) is 4.57. The Balaban J connectivity index is 0.00000225. The highest BCUT2D eigenvalue weighted by Gasteiger charge is 2.14. The summed E-state index contributed by atoms with van der Waals surface area (Å²) in [5, 5.41) is 13.0. The number of guanidine groups is 1. The average molecular weight is 451 g/mol. The molecule has 0 bridgehead atoms. The minimum absolute atomic E-state index is 0. The zero-order chi connectivity index (χ0) is 16.6. The summed E-state index contributed by atoms with van der Waals surface area (Å²) in [7, 11) is 0. The van der Waals surface area contributed by atoms with Crippen molar-refractivity contribution >= 4 is 35.6 Å². The molecular formula is C20H26IN3O. The Labute approximate surface area is 167 Å². The molecule has 2 aromatic carbocycles. The van der Waals surface area contributed by atoms with Gasteiger partial charge in [0.1, 0.15) is 5.75 Å². The van der Waals surface area contributed by atoms with Crippen LogP contribution >= 0.6 is 24.0 Å². The van der Waals surface area contributed by atoms with Gasteiger partial charge in [-0.15, -0.1) is 24.0 Å². The third kappa shape index (κ3) is 6.23. The van der Waals surface area contributed by atoms with Crippen molar-refractivity contribution in [2.45, 2.75) is 25.7 Å². The van der Waals surface area contributed by atoms with Crippen molar-refractivity contribution in [3.05, 3.63) is 60.2 Å². The number of nitrogens with one attached hydrogen (secondary N) is 1. The number of halogens is 1. The monoisotopic (exact) mass is 451 g/mol. The Hall–Kier alpha value is -1.76. The van der Waals surface area contributed by atoms with Gasteiger partial charge in [-0.05, 0) is 55.5 Å². The molecule has 0 radical (unpaired) electrons. The number of piperidine rings is 1. The van der Waals surface area contributed by atoms with E-state index in [4.69, 9.17) is 4.99 Å². The fourth-order valence-electron chi connectivity index (χ4n) is 2.98. The smallest absolute Gasteiger partial charge is 0.198 e. The van der Waals surface area contributed by atoms with Crippen LogP contribution in [0.25, 0.3) is 0 Å². The summed E-state index contributed by atoms with van der Waals surface area (Å²) in [4.78, 5) is 7.16. The van der Waals surface area contributed by atoms with Crippen molar-refractivity contribution in [2.24, 2.45) is 4.99 Å². The standard InChI is InChI=1S/C20H25N3O.HI/c24-19-11-7-8-17(16-19)12-13-21-20(23-14-5-2-6-15-23)22-18-9-3-1-4-10-18;/h1,3-4,7-11,16,24H,2,5-6,12-15H2,(H,21,22);1H. The highest BCUT2D eigenvalue weighted by atomic mass is 127. The van der Waals surface area contributed by atoms with E-state index in [1.54, 1.807) is 12.1 Å². The lowest BCUT2D eigenvalue weighted by atomic mass is 10.1. The SMILES string of the molecule is I.Oc1cccc(CCN=C(Nc2ccccc2)N2CCCCC2)c1. The van der Waals surface area contributed by atoms with Crippen LogP contribution in [-0.2, 0) is 6.42 Å². The van der Waals surface area contributed by atoms with Crippen molar-refractivity contribution in [3.63, 3.8) is 0 Å². The number of hydrogen-bond acceptors (Lipinski definition) is 2. The highest BCUT2D eigenvalue weighted by Crippen LogP contribution is 2.14. The lowest BCUT2D eigenvalue weighted by Gasteiger charge is -2.30. The van der Waals surface area contributed by atoms with Crippen LogP contribution in [0.15, 0.2) is 59.6 Å². The van der Waals surface area contributed by atoms with E-state index in [0.29, 0.717) is 12.3 Å². The van der Waals surface area contributed by atoms with E-state index < -0.39 is 0 Å². The molecule has 134 valence electrons. The molecule has 0 saturated carbocycles. The van der Waals surface area contributed by atoms with E-state index in [-0.39, 0.29) is 24.0 Å². The number of hydrogen-bond donors (Lipinski definition) is 2. The predicted octanol–water partition coefficient (Wildman–Crippen LogP) is 4.51. The number of aliphatic imine (C=N–C) groups is 1. The Bertz CT molecular complexity index is 670. The van der Waals surface area contributed by atoms with Crippen LogP contribution in [0.1, 0.15) is 24.8 Å². The van der Waals surface area contributed by atoms with Crippen LogP contribution in [0.5, 0.6) is 5.75 Å². The van der Waals surface area contributed by atoms with E-state index in [0.717, 1.165) is 36.7 Å². The lowest BCUT2D eigenvalue weighted by molar-refractivity contribution is 0.340. The molecule has 1 aliphatic heterocycles. The molecule has 0 spiro atoms. The van der Waals surface area contributed by atoms with Crippen molar-refractivity contribution < 1.29 is 5.11 Å². The third-order valence-electron chi connectivity index (χ3n) is 4.26. The Morgan fingerprint density at radius 1 is 1.00 bits per heavy atom. The summed E-state index contributed by atoms with van der Waals surface area (Å²) in [5.74, 6) is 1.27. The molecular weight excluding hydrogens is 425 g/mol. The van der Waals surface area contributed by atoms with Crippen molar-refractivity contribution in [1.82, 2.24) is 4.90 Å². The maximum atomic E-state index is 9.56. The number of benzene rings is 2. The number of likely N-dealkylation sites (tertiary alicyclic amines) is 1. The minimum atomic E-state index is 0. The average Bonchev–Trinajstić information content (AvgIpc) is 2.63. The zero-order valence-corrected chi connectivity index (χ0v) is 16.7. The number of aromatic hydroxyl groups is 1. The summed E-state index contributed by atoms with van der Waals surface area (Å²) in [6, 6.07) is 17.6. The molecule has 1 aliphatic rings. The van der Waals surface area contributed by atoms with Gasteiger partial charge in [0, 0.05) is 25.3 Å². The Morgan fingerprint density at radius 3 is 2.48 bits per heavy atom. The van der Waals surface area contributed by atoms with Gasteiger partial charge in [-0.1, -0.05) is 30.3 Å². The topological polar surface area (TPSA) is 47.9 Å². The second kappa shape index (κ2) is 10.3. The van der Waals surface area contributed by atoms with E-state index in [2.05, 4.69) is 22.3 Å². The van der Waals surface area contributed by atoms with Crippen LogP contribution < -0.4 is 5.32 Å². The van der Waals surface area contributed by atoms with Gasteiger partial charge in [0.2, 0.25) is 0 Å². The molecule has 0 aromatic heterocycles. The van der Waals surface area contributed by atoms with E-state index in [1.807, 2.05) is 30.3 Å². The van der Waals surface area contributed by atoms with Gasteiger partial charge < -0.3 is 15.3 Å². The molecule has 0 atom stereocenters. The number of rotatable bonds is 4. The van der Waals surface area contributed by atoms with Gasteiger partial charge >= 0.3 is 0 Å². The third-order valence-corrected chi connectivity index (χ3v) is 4.26. The number of anilines is 1. The van der Waals surface area contributed by atoms with Crippen LogP contribution in [0.3, 0.4) is 0 Å². The van der Waals surface area contributed by atoms with E-state index in [1.165, 1.54) is 19.3 Å². The van der Waals surface area contributed by atoms with Gasteiger partial charge in [-0.3, -0.25) is 4.99 Å². The van der Waals surface area contributed by atoms with E-state index >= 15 is 0 Å². The second-order valence-corrected chi connectivity index (χ2v) is 6.16. The molecule has 25 heavy (non-hydrogen) atoms. The van der Waals surface area contributed by atoms with Crippen LogP contribution in [0.2, 0.25) is 0 Å². The van der Waals surface area contributed by atoms with Crippen LogP contribution in [-0.4, -0.2) is 35.6 Å². The number of para-hydroxylation sites is 1. The number of nitrogens with zero attached hydrogens (tertiary/aromatic N) is 2. The molecule has 1 fully saturated rings. The van der Waals surface area contributed by atoms with Gasteiger partial charge in [-0.2, -0.15) is 0 Å². The summed E-state index contributed by atoms with van der Waals surface area (Å²) < 4.78 is 0. The highest BCUT2D eigenvalue weighted by molar-refractivity contribution is 14.0. The van der Waals surface area contributed by atoms with Gasteiger partial charge in [0.25, 0.3) is 0 Å². The molecule has 1 saturated heterocycles. The first-order valence-corrected chi connectivity index (χ1v) is 8.71. The molecule has 2 aromatic rings. The normalized spacial score (nSPS) is 14.7. The first-order valence-electron chi connectivity index (χ1n) is 8.71. The molecule has 3 rings (SSSR count). The number of phenols is 1. The van der Waals surface area contributed by atoms with Crippen LogP contribution in [0, 0.1) is 0 Å². The number of phenolic OH excluding ortho intramolecular Hbond substituents is 1. The molecule has 2 N–H and O–H groups in total. The summed E-state index contributed by atoms with van der Waals surface area (Å²) in [6.45, 7) is 2.82. The molecule has 5 heteroatoms. The fraction of sp³-hybridized carbons (Fsp3) is 0.350. The largest absolute Gasteiger partial charge is 0.508 e. The molecule has 0 amide bonds. The quantitative estimate of drug-likeness (QED) is 0.409. The minimum Gasteiger partial charge on any atom is -0.508 e. The lowest BCUT2D eigenvalue weighted by Crippen LogP contribution is -2.40. The molecule has 0 aliphatic carbocycles. The maximum absolute atomic E-state index is 9.56. The fourth-order valence-corrected chi connectivity index (χ4v) is 2.98. The maximum Gasteiger partial charge on any atom is 0.198 e. The van der Waals surface area contributed by atoms with Gasteiger partial charge in [0.05, 0.1) is 0 Å². The summed E-state index contributed by atoms with van der Waals surface area (Å²) >= 11 is 0. The van der Waals surface area contributed by atoms with Crippen molar-refractivity contribution in [3.8, 4) is 5.75 Å². The Kier molecular flexibility index (Phi) is 8.04. The molecule has 0 unspecified atom stereocenters. The summed E-state index contributed by atoms with van der Waals surface area (Å²) in [5.41, 5.74) is 2.18. The van der Waals surface area contributed by atoms with Crippen molar-refractivity contribution in [2.75, 3.05) is 25.0 Å². The second-order valence-electron chi connectivity index (χ2n) is 6.16. The first kappa shape index (κ1) is 19.6. The van der Waals surface area contributed by atoms with Gasteiger partial charge in [0.15, 0.2) is 5.96 Å². The molecule has 4 nitrogen and oxygen atoms in total. The zero-order valence-electron chi connectivity index (χ0n) is 14.4.